The van der Waals surface area contributed by atoms with Crippen LogP contribution in [-0.4, -0.2) is 11.3 Å². The number of nitrogens with zero attached hydrogens (tertiary/aromatic N) is 1. The van der Waals surface area contributed by atoms with E-state index in [2.05, 4.69) is 62.2 Å². The first-order chi connectivity index (χ1) is 14.0. The Kier molecular flexibility index (Phi) is 4.46. The van der Waals surface area contributed by atoms with E-state index in [-0.39, 0.29) is 16.7 Å². The van der Waals surface area contributed by atoms with Crippen molar-refractivity contribution >= 4 is 11.9 Å². The van der Waals surface area contributed by atoms with Crippen LogP contribution in [0.5, 0.6) is 0 Å². The summed E-state index contributed by atoms with van der Waals surface area (Å²) in [5, 5.41) is 0. The van der Waals surface area contributed by atoms with Crippen LogP contribution in [0.2, 0.25) is 0 Å². The van der Waals surface area contributed by atoms with Crippen molar-refractivity contribution in [3.63, 3.8) is 0 Å². The van der Waals surface area contributed by atoms with E-state index in [1.54, 1.807) is 5.57 Å². The number of carbonyl (C=O) groups is 1. The Morgan fingerprint density at radius 1 is 1.17 bits per heavy atom. The fourth-order valence-corrected chi connectivity index (χ4v) is 7.11. The van der Waals surface area contributed by atoms with E-state index in [1.807, 2.05) is 12.4 Å². The third-order valence-corrected chi connectivity index (χ3v) is 8.83. The molecule has 152 valence electrons. The summed E-state index contributed by atoms with van der Waals surface area (Å²) in [6, 6.07) is 4.29. The average Bonchev–Trinajstić information content (AvgIpc) is 3.50. The van der Waals surface area contributed by atoms with Crippen molar-refractivity contribution in [1.82, 2.24) is 4.98 Å². The highest BCUT2D eigenvalue weighted by Gasteiger charge is 2.54. The zero-order chi connectivity index (χ0) is 20.2. The molecule has 2 nitrogen and oxygen atoms in total. The summed E-state index contributed by atoms with van der Waals surface area (Å²) in [6.45, 7) is 7.46. The fourth-order valence-electron chi connectivity index (χ4n) is 7.11. The van der Waals surface area contributed by atoms with E-state index in [9.17, 15) is 4.79 Å². The molecule has 0 aliphatic heterocycles. The zero-order valence-corrected chi connectivity index (χ0v) is 18.0. The van der Waals surface area contributed by atoms with Crippen molar-refractivity contribution in [2.75, 3.05) is 0 Å². The zero-order valence-electron chi connectivity index (χ0n) is 18.0. The fraction of sp³-hybridized carbons (Fsp3) is 0.556. The minimum atomic E-state index is -0.0202. The molecule has 0 spiro atoms. The van der Waals surface area contributed by atoms with Crippen LogP contribution in [0.3, 0.4) is 0 Å². The molecule has 1 aromatic rings. The molecule has 6 unspecified atom stereocenters. The number of fused-ring (bicyclic) bond motifs is 1. The number of hydrogen-bond donors (Lipinski definition) is 0. The van der Waals surface area contributed by atoms with Gasteiger partial charge in [0.1, 0.15) is 6.29 Å². The first-order valence-corrected chi connectivity index (χ1v) is 11.5. The third kappa shape index (κ3) is 2.90. The smallest absolute Gasteiger partial charge is 0.130 e. The molecule has 1 heterocycles. The Morgan fingerprint density at radius 2 is 2.00 bits per heavy atom. The average molecular weight is 388 g/mol. The van der Waals surface area contributed by atoms with Gasteiger partial charge in [-0.2, -0.15) is 0 Å². The first kappa shape index (κ1) is 19.0. The van der Waals surface area contributed by atoms with Gasteiger partial charge in [0.05, 0.1) is 5.92 Å². The van der Waals surface area contributed by atoms with E-state index >= 15 is 0 Å². The molecular formula is C27H33NO. The second-order valence-electron chi connectivity index (χ2n) is 10.4. The van der Waals surface area contributed by atoms with Crippen molar-refractivity contribution in [3.8, 4) is 0 Å². The SMILES string of the molecule is CC1C(C2(C)C=CC(C=O)C=C2C2CC2)CCC2(C)C(c3cccnc3)=CCC12. The van der Waals surface area contributed by atoms with Crippen LogP contribution in [0.1, 0.15) is 58.4 Å². The molecule has 1 aromatic heterocycles. The Labute approximate surface area is 175 Å². The Bertz CT molecular complexity index is 892. The molecule has 5 rings (SSSR count). The molecule has 2 saturated carbocycles. The van der Waals surface area contributed by atoms with Crippen LogP contribution in [0.4, 0.5) is 0 Å². The van der Waals surface area contributed by atoms with Gasteiger partial charge in [-0.15, -0.1) is 0 Å². The molecule has 2 heteroatoms. The maximum atomic E-state index is 11.5. The van der Waals surface area contributed by atoms with E-state index in [1.165, 1.54) is 43.2 Å². The quantitative estimate of drug-likeness (QED) is 0.450. The lowest BCUT2D eigenvalue weighted by atomic mass is 9.51. The van der Waals surface area contributed by atoms with Crippen LogP contribution >= 0.6 is 0 Å². The molecular weight excluding hydrogens is 354 g/mol. The standard InChI is InChI=1S/C27H33NO/c1-18-22-8-9-24(21-5-4-14-28-16-21)26(22,2)13-11-23(18)27(3)12-10-19(17-29)15-25(27)20-6-7-20/h4-5,9-10,12,14-20,22-23H,6-8,11,13H2,1-3H3. The summed E-state index contributed by atoms with van der Waals surface area (Å²) >= 11 is 0. The van der Waals surface area contributed by atoms with Gasteiger partial charge in [0.2, 0.25) is 0 Å². The highest BCUT2D eigenvalue weighted by Crippen LogP contribution is 2.64. The summed E-state index contributed by atoms with van der Waals surface area (Å²) in [6.07, 6.45) is 20.7. The second-order valence-corrected chi connectivity index (χ2v) is 10.4. The molecule has 0 N–H and O–H groups in total. The molecule has 0 bridgehead atoms. The van der Waals surface area contributed by atoms with Gasteiger partial charge in [0, 0.05) is 17.8 Å². The van der Waals surface area contributed by atoms with Gasteiger partial charge in [0.25, 0.3) is 0 Å². The second kappa shape index (κ2) is 6.79. The van der Waals surface area contributed by atoms with Crippen LogP contribution < -0.4 is 0 Å². The van der Waals surface area contributed by atoms with E-state index in [4.69, 9.17) is 0 Å². The van der Waals surface area contributed by atoms with Crippen molar-refractivity contribution in [2.24, 2.45) is 40.4 Å². The number of allylic oxidation sites excluding steroid dienone is 6. The summed E-state index contributed by atoms with van der Waals surface area (Å²) in [5.74, 6) is 2.68. The van der Waals surface area contributed by atoms with Gasteiger partial charge in [-0.1, -0.05) is 56.7 Å². The number of pyridine rings is 1. The van der Waals surface area contributed by atoms with Crippen LogP contribution in [0.15, 0.2) is 54.4 Å². The topological polar surface area (TPSA) is 30.0 Å². The maximum absolute atomic E-state index is 11.5. The van der Waals surface area contributed by atoms with E-state index in [0.29, 0.717) is 23.7 Å². The Hall–Kier alpha value is -1.96. The third-order valence-electron chi connectivity index (χ3n) is 8.83. The number of aromatic nitrogens is 1. The molecule has 6 atom stereocenters. The van der Waals surface area contributed by atoms with Crippen molar-refractivity contribution in [1.29, 1.82) is 0 Å². The van der Waals surface area contributed by atoms with Crippen molar-refractivity contribution < 1.29 is 4.79 Å². The minimum Gasteiger partial charge on any atom is -0.302 e. The molecule has 29 heavy (non-hydrogen) atoms. The van der Waals surface area contributed by atoms with Gasteiger partial charge in [0.15, 0.2) is 0 Å². The monoisotopic (exact) mass is 387 g/mol. The highest BCUT2D eigenvalue weighted by atomic mass is 16.1. The number of carbonyl (C=O) groups excluding carboxylic acids is 1. The number of rotatable bonds is 4. The normalized spacial score (nSPS) is 41.5. The minimum absolute atomic E-state index is 0.0202. The predicted molar refractivity (Wildman–Crippen MR) is 118 cm³/mol. The molecule has 4 aliphatic rings. The molecule has 0 saturated heterocycles. The predicted octanol–water partition coefficient (Wildman–Crippen LogP) is 6.26. The van der Waals surface area contributed by atoms with Gasteiger partial charge < -0.3 is 4.79 Å². The number of hydrogen-bond acceptors (Lipinski definition) is 2. The Morgan fingerprint density at radius 3 is 2.69 bits per heavy atom. The van der Waals surface area contributed by atoms with Crippen LogP contribution in [-0.2, 0) is 4.79 Å². The van der Waals surface area contributed by atoms with Crippen LogP contribution in [0, 0.1) is 40.4 Å². The van der Waals surface area contributed by atoms with Gasteiger partial charge >= 0.3 is 0 Å². The van der Waals surface area contributed by atoms with Crippen molar-refractivity contribution in [2.45, 2.75) is 52.9 Å². The summed E-state index contributed by atoms with van der Waals surface area (Å²) in [4.78, 5) is 15.8. The maximum Gasteiger partial charge on any atom is 0.130 e. The summed E-state index contributed by atoms with van der Waals surface area (Å²) < 4.78 is 0. The van der Waals surface area contributed by atoms with Gasteiger partial charge in [-0.3, -0.25) is 4.98 Å². The number of aldehydes is 1. The summed E-state index contributed by atoms with van der Waals surface area (Å²) in [7, 11) is 0. The van der Waals surface area contributed by atoms with Gasteiger partial charge in [-0.05, 0) is 78.4 Å². The summed E-state index contributed by atoms with van der Waals surface area (Å²) in [5.41, 5.74) is 4.75. The molecule has 0 aromatic carbocycles. The lowest BCUT2D eigenvalue weighted by Crippen LogP contribution is -2.45. The molecule has 2 fully saturated rings. The molecule has 4 aliphatic carbocycles. The lowest BCUT2D eigenvalue weighted by molar-refractivity contribution is -0.109. The van der Waals surface area contributed by atoms with Crippen molar-refractivity contribution in [3.05, 3.63) is 60.0 Å². The molecule has 0 amide bonds. The van der Waals surface area contributed by atoms with Gasteiger partial charge in [-0.25, -0.2) is 0 Å². The first-order valence-electron chi connectivity index (χ1n) is 11.5. The van der Waals surface area contributed by atoms with Crippen LogP contribution in [0.25, 0.3) is 5.57 Å². The highest BCUT2D eigenvalue weighted by molar-refractivity contribution is 5.72. The molecule has 0 radical (unpaired) electrons. The Balaban J connectivity index is 1.45. The lowest BCUT2D eigenvalue weighted by Gasteiger charge is -2.53. The van der Waals surface area contributed by atoms with E-state index in [0.717, 1.165) is 6.29 Å². The van der Waals surface area contributed by atoms with E-state index < -0.39 is 0 Å². The largest absolute Gasteiger partial charge is 0.302 e.